The van der Waals surface area contributed by atoms with Crippen LogP contribution in [0.25, 0.3) is 32.2 Å². The molecule has 5 heterocycles. The Hall–Kier alpha value is -3.01. The Labute approximate surface area is 235 Å². The molecule has 3 aliphatic heterocycles. The predicted octanol–water partition coefficient (Wildman–Crippen LogP) is 6.44. The van der Waals surface area contributed by atoms with Crippen LogP contribution in [0.4, 0.5) is 15.3 Å². The maximum Gasteiger partial charge on any atom is 0.319 e. The highest BCUT2D eigenvalue weighted by Gasteiger charge is 2.45. The third kappa shape index (κ3) is 4.40. The van der Waals surface area contributed by atoms with Crippen LogP contribution < -0.4 is 15.4 Å². The third-order valence-electron chi connectivity index (χ3n) is 8.42. The van der Waals surface area contributed by atoms with Crippen molar-refractivity contribution in [2.45, 2.75) is 44.1 Å². The Bertz CT molecular complexity index is 1590. The van der Waals surface area contributed by atoms with Crippen LogP contribution in [0.3, 0.4) is 0 Å². The second kappa shape index (κ2) is 9.87. The topological polar surface area (TPSA) is 80.4 Å². The molecule has 39 heavy (non-hydrogen) atoms. The van der Waals surface area contributed by atoms with Crippen LogP contribution in [0.15, 0.2) is 36.4 Å². The van der Waals surface area contributed by atoms with E-state index in [0.29, 0.717) is 33.0 Å². The molecular formula is C29H30ClFN6OS. The van der Waals surface area contributed by atoms with Gasteiger partial charge in [0.05, 0.1) is 21.3 Å². The first kappa shape index (κ1) is 25.0. The van der Waals surface area contributed by atoms with E-state index in [0.717, 1.165) is 91.0 Å². The van der Waals surface area contributed by atoms with Crippen molar-refractivity contribution in [2.24, 2.45) is 0 Å². The molecule has 0 aliphatic carbocycles. The molecule has 0 spiro atoms. The van der Waals surface area contributed by atoms with Crippen molar-refractivity contribution < 1.29 is 9.13 Å². The van der Waals surface area contributed by atoms with Gasteiger partial charge >= 0.3 is 6.01 Å². The van der Waals surface area contributed by atoms with Crippen molar-refractivity contribution in [2.75, 3.05) is 43.4 Å². The van der Waals surface area contributed by atoms with Gasteiger partial charge in [-0.3, -0.25) is 4.90 Å². The fourth-order valence-electron chi connectivity index (χ4n) is 6.51. The van der Waals surface area contributed by atoms with Crippen molar-refractivity contribution >= 4 is 55.0 Å². The number of hydrogen-bond acceptors (Lipinski definition) is 8. The summed E-state index contributed by atoms with van der Waals surface area (Å²) in [7, 11) is 0. The highest BCUT2D eigenvalue weighted by Crippen LogP contribution is 2.42. The molecule has 0 bridgehead atoms. The van der Waals surface area contributed by atoms with E-state index < -0.39 is 0 Å². The number of rotatable bonds is 5. The molecule has 0 radical (unpaired) electrons. The molecule has 2 aromatic carbocycles. The maximum absolute atomic E-state index is 14.5. The number of nitrogens with zero attached hydrogens (tertiary/aromatic N) is 5. The molecule has 2 fully saturated rings. The molecule has 0 saturated carbocycles. The monoisotopic (exact) mass is 564 g/mol. The van der Waals surface area contributed by atoms with Gasteiger partial charge < -0.3 is 15.4 Å². The largest absolute Gasteiger partial charge is 0.461 e. The van der Waals surface area contributed by atoms with Gasteiger partial charge in [-0.1, -0.05) is 35.1 Å². The van der Waals surface area contributed by atoms with Gasteiger partial charge in [-0.2, -0.15) is 9.97 Å². The number of aromatic nitrogens is 3. The molecular weight excluding hydrogens is 535 g/mol. The van der Waals surface area contributed by atoms with Gasteiger partial charge in [-0.25, -0.2) is 9.37 Å². The Kier molecular flexibility index (Phi) is 6.33. The molecule has 7 rings (SSSR count). The molecule has 2 saturated heterocycles. The fraction of sp³-hybridized carbons (Fsp3) is 0.414. The number of nitrogen functional groups attached to an aromatic ring is 1. The summed E-state index contributed by atoms with van der Waals surface area (Å²) < 4.78 is 21.4. The zero-order valence-electron chi connectivity index (χ0n) is 21.6. The van der Waals surface area contributed by atoms with Crippen molar-refractivity contribution in [3.8, 4) is 17.1 Å². The van der Waals surface area contributed by atoms with Crippen molar-refractivity contribution in [3.05, 3.63) is 47.3 Å². The summed E-state index contributed by atoms with van der Waals surface area (Å²) in [5, 5.41) is 1.71. The molecule has 2 N–H and O–H groups in total. The molecule has 10 heteroatoms. The minimum Gasteiger partial charge on any atom is -0.461 e. The Morgan fingerprint density at radius 1 is 1.00 bits per heavy atom. The van der Waals surface area contributed by atoms with E-state index >= 15 is 0 Å². The molecule has 7 nitrogen and oxygen atoms in total. The number of hydrogen-bond donors (Lipinski definition) is 1. The number of halogens is 2. The summed E-state index contributed by atoms with van der Waals surface area (Å²) >= 11 is 8.04. The van der Waals surface area contributed by atoms with E-state index in [1.54, 1.807) is 6.07 Å². The number of ether oxygens (including phenoxy) is 1. The van der Waals surface area contributed by atoms with Crippen LogP contribution in [0.1, 0.15) is 38.5 Å². The Morgan fingerprint density at radius 2 is 1.77 bits per heavy atom. The normalized spacial score (nSPS) is 19.2. The van der Waals surface area contributed by atoms with E-state index in [9.17, 15) is 4.39 Å². The van der Waals surface area contributed by atoms with Gasteiger partial charge in [-0.15, -0.1) is 0 Å². The van der Waals surface area contributed by atoms with E-state index in [4.69, 9.17) is 32.0 Å². The molecule has 202 valence electrons. The van der Waals surface area contributed by atoms with Crippen LogP contribution in [0.5, 0.6) is 6.01 Å². The summed E-state index contributed by atoms with van der Waals surface area (Å²) in [4.78, 5) is 19.1. The van der Waals surface area contributed by atoms with Crippen molar-refractivity contribution in [1.29, 1.82) is 0 Å². The van der Waals surface area contributed by atoms with Crippen LogP contribution in [-0.4, -0.2) is 58.2 Å². The number of nitrogens with two attached hydrogens (primary N) is 1. The van der Waals surface area contributed by atoms with Crippen LogP contribution >= 0.6 is 22.9 Å². The maximum atomic E-state index is 14.5. The zero-order chi connectivity index (χ0) is 26.6. The van der Waals surface area contributed by atoms with E-state index in [1.807, 2.05) is 12.1 Å². The third-order valence-corrected chi connectivity index (χ3v) is 9.63. The number of benzene rings is 2. The second-order valence-electron chi connectivity index (χ2n) is 10.7. The zero-order valence-corrected chi connectivity index (χ0v) is 23.2. The van der Waals surface area contributed by atoms with Gasteiger partial charge in [0, 0.05) is 34.6 Å². The van der Waals surface area contributed by atoms with Crippen molar-refractivity contribution in [1.82, 2.24) is 19.9 Å². The summed E-state index contributed by atoms with van der Waals surface area (Å²) in [6.07, 6.45) is 11.1. The van der Waals surface area contributed by atoms with E-state index in [2.05, 4.69) is 26.9 Å². The first-order valence-corrected chi connectivity index (χ1v) is 14.8. The lowest BCUT2D eigenvalue weighted by Gasteiger charge is -2.31. The van der Waals surface area contributed by atoms with Crippen LogP contribution in [0, 0.1) is 5.82 Å². The average molecular weight is 565 g/mol. The molecule has 4 aromatic rings. The SMILES string of the molecule is Nc1nc2c(-c3cc4nc(OCC56CCCN5CCC6)nc(N5CCC=CCC5)c4cc3Cl)ccc(F)c2s1. The van der Waals surface area contributed by atoms with Gasteiger partial charge in [0.25, 0.3) is 0 Å². The minimum atomic E-state index is -0.345. The summed E-state index contributed by atoms with van der Waals surface area (Å²) in [5.41, 5.74) is 8.73. The van der Waals surface area contributed by atoms with Gasteiger partial charge in [-0.05, 0) is 75.9 Å². The van der Waals surface area contributed by atoms with Crippen LogP contribution in [0.2, 0.25) is 5.02 Å². The molecule has 0 atom stereocenters. The first-order chi connectivity index (χ1) is 19.0. The predicted molar refractivity (Wildman–Crippen MR) is 156 cm³/mol. The lowest BCUT2D eigenvalue weighted by molar-refractivity contribution is 0.108. The lowest BCUT2D eigenvalue weighted by Crippen LogP contribution is -2.43. The highest BCUT2D eigenvalue weighted by atomic mass is 35.5. The Morgan fingerprint density at radius 3 is 2.54 bits per heavy atom. The molecule has 3 aliphatic rings. The van der Waals surface area contributed by atoms with Gasteiger partial charge in [0.1, 0.15) is 18.2 Å². The summed E-state index contributed by atoms with van der Waals surface area (Å²) in [5.74, 6) is 0.490. The first-order valence-electron chi connectivity index (χ1n) is 13.6. The second-order valence-corrected chi connectivity index (χ2v) is 12.2. The lowest BCUT2D eigenvalue weighted by atomic mass is 9.95. The summed E-state index contributed by atoms with van der Waals surface area (Å²) in [6.45, 7) is 4.59. The van der Waals surface area contributed by atoms with Crippen LogP contribution in [-0.2, 0) is 0 Å². The fourth-order valence-corrected chi connectivity index (χ4v) is 7.54. The number of fused-ring (bicyclic) bond motifs is 3. The smallest absolute Gasteiger partial charge is 0.319 e. The van der Waals surface area contributed by atoms with Gasteiger partial charge in [0.15, 0.2) is 5.13 Å². The van der Waals surface area contributed by atoms with Gasteiger partial charge in [0.2, 0.25) is 0 Å². The summed E-state index contributed by atoms with van der Waals surface area (Å²) in [6, 6.07) is 7.40. The average Bonchev–Trinajstić information content (AvgIpc) is 3.55. The molecule has 0 unspecified atom stereocenters. The molecule has 2 aromatic heterocycles. The van der Waals surface area contributed by atoms with E-state index in [-0.39, 0.29) is 11.4 Å². The standard InChI is InChI=1S/C29H30ClFN6OS/c30-21-15-20-23(16-19(21)18-7-8-22(31)25-24(18)34-27(32)39-25)33-28(35-26(20)36-11-3-1-2-4-12-36)38-17-29-9-5-13-37(29)14-6-10-29/h1-2,7-8,15-16H,3-6,9-14,17H2,(H2,32,34). The van der Waals surface area contributed by atoms with Crippen molar-refractivity contribution in [3.63, 3.8) is 0 Å². The number of anilines is 2. The van der Waals surface area contributed by atoms with E-state index in [1.165, 1.54) is 18.9 Å². The minimum absolute atomic E-state index is 0.0976. The molecule has 0 amide bonds. The number of thiazole rings is 1. The quantitative estimate of drug-likeness (QED) is 0.279. The highest BCUT2D eigenvalue weighted by molar-refractivity contribution is 7.22. The Balaban J connectivity index is 1.34.